The number of nitrogens with one attached hydrogen (secondary N) is 1. The van der Waals surface area contributed by atoms with Crippen LogP contribution in [0.3, 0.4) is 0 Å². The number of hydrogen-bond donors (Lipinski definition) is 1. The van der Waals surface area contributed by atoms with Crippen LogP contribution in [-0.2, 0) is 11.3 Å². The molecule has 2 aliphatic rings. The number of carbonyl (C=O) groups is 1. The fraction of sp³-hybridized carbons (Fsp3) is 0.250. The molecular formula is C20H20N2O2. The summed E-state index contributed by atoms with van der Waals surface area (Å²) in [6, 6.07) is 16.2. The number of amides is 1. The fourth-order valence-electron chi connectivity index (χ4n) is 3.49. The Morgan fingerprint density at radius 3 is 2.83 bits per heavy atom. The molecule has 0 radical (unpaired) electrons. The molecule has 4 heteroatoms. The molecule has 1 unspecified atom stereocenters. The molecule has 0 aromatic heterocycles. The highest BCUT2D eigenvalue weighted by Gasteiger charge is 2.34. The second-order valence-electron chi connectivity index (χ2n) is 6.28. The summed E-state index contributed by atoms with van der Waals surface area (Å²) in [6.45, 7) is 1.74. The van der Waals surface area contributed by atoms with E-state index < -0.39 is 0 Å². The predicted octanol–water partition coefficient (Wildman–Crippen LogP) is 3.51. The number of hydrogen-bond acceptors (Lipinski definition) is 3. The monoisotopic (exact) mass is 320 g/mol. The maximum atomic E-state index is 12.4. The van der Waals surface area contributed by atoms with Crippen LogP contribution in [0.1, 0.15) is 17.5 Å². The van der Waals surface area contributed by atoms with E-state index in [-0.39, 0.29) is 11.8 Å². The van der Waals surface area contributed by atoms with Crippen LogP contribution in [0.25, 0.3) is 5.57 Å². The third-order valence-corrected chi connectivity index (χ3v) is 4.74. The van der Waals surface area contributed by atoms with Crippen molar-refractivity contribution in [2.45, 2.75) is 13.0 Å². The van der Waals surface area contributed by atoms with Crippen molar-refractivity contribution in [2.75, 3.05) is 19.0 Å². The molecule has 122 valence electrons. The Hall–Kier alpha value is -2.75. The average molecular weight is 320 g/mol. The van der Waals surface area contributed by atoms with Crippen LogP contribution < -0.4 is 10.1 Å². The summed E-state index contributed by atoms with van der Waals surface area (Å²) in [5.74, 6) is 0.833. The molecule has 0 aliphatic carbocycles. The SMILES string of the molecule is COc1ccc2c(c1)C1=CN(Cc3ccccc3)CCC1C(=O)N2. The highest BCUT2D eigenvalue weighted by atomic mass is 16.5. The maximum Gasteiger partial charge on any atom is 0.232 e. The van der Waals surface area contributed by atoms with Gasteiger partial charge >= 0.3 is 0 Å². The molecule has 0 saturated carbocycles. The van der Waals surface area contributed by atoms with E-state index in [1.54, 1.807) is 7.11 Å². The lowest BCUT2D eigenvalue weighted by molar-refractivity contribution is -0.118. The first kappa shape index (κ1) is 14.8. The third-order valence-electron chi connectivity index (χ3n) is 4.74. The number of methoxy groups -OCH3 is 1. The van der Waals surface area contributed by atoms with Crippen molar-refractivity contribution in [1.29, 1.82) is 0 Å². The lowest BCUT2D eigenvalue weighted by Crippen LogP contribution is -2.36. The summed E-state index contributed by atoms with van der Waals surface area (Å²) < 4.78 is 5.36. The first-order valence-electron chi connectivity index (χ1n) is 8.23. The summed E-state index contributed by atoms with van der Waals surface area (Å²) in [6.07, 6.45) is 2.99. The highest BCUT2D eigenvalue weighted by Crippen LogP contribution is 2.41. The molecule has 1 atom stereocenters. The zero-order valence-electron chi connectivity index (χ0n) is 13.7. The van der Waals surface area contributed by atoms with Crippen molar-refractivity contribution in [3.63, 3.8) is 0 Å². The Labute approximate surface area is 141 Å². The largest absolute Gasteiger partial charge is 0.497 e. The maximum absolute atomic E-state index is 12.4. The molecule has 1 N–H and O–H groups in total. The van der Waals surface area contributed by atoms with Gasteiger partial charge in [0.25, 0.3) is 0 Å². The molecule has 2 heterocycles. The lowest BCUT2D eigenvalue weighted by atomic mass is 9.83. The van der Waals surface area contributed by atoms with Gasteiger partial charge in [-0.3, -0.25) is 4.79 Å². The van der Waals surface area contributed by atoms with Crippen molar-refractivity contribution >= 4 is 17.2 Å². The minimum absolute atomic E-state index is 0.0726. The lowest BCUT2D eigenvalue weighted by Gasteiger charge is -2.35. The number of carbonyl (C=O) groups excluding carboxylic acids is 1. The fourth-order valence-corrected chi connectivity index (χ4v) is 3.49. The van der Waals surface area contributed by atoms with Gasteiger partial charge in [-0.25, -0.2) is 0 Å². The van der Waals surface area contributed by atoms with E-state index in [0.29, 0.717) is 0 Å². The minimum atomic E-state index is -0.0726. The summed E-state index contributed by atoms with van der Waals surface area (Å²) in [5.41, 5.74) is 4.30. The third kappa shape index (κ3) is 2.64. The zero-order chi connectivity index (χ0) is 16.5. The molecule has 0 bridgehead atoms. The highest BCUT2D eigenvalue weighted by molar-refractivity contribution is 6.07. The van der Waals surface area contributed by atoms with Crippen LogP contribution in [0.2, 0.25) is 0 Å². The van der Waals surface area contributed by atoms with E-state index in [4.69, 9.17) is 4.74 Å². The van der Waals surface area contributed by atoms with Gasteiger partial charge in [-0.05, 0) is 35.8 Å². The number of ether oxygens (including phenoxy) is 1. The molecule has 2 aromatic rings. The topological polar surface area (TPSA) is 41.6 Å². The molecule has 0 saturated heterocycles. The van der Waals surface area contributed by atoms with Crippen molar-refractivity contribution < 1.29 is 9.53 Å². The molecule has 4 nitrogen and oxygen atoms in total. The van der Waals surface area contributed by atoms with Gasteiger partial charge in [0.15, 0.2) is 0 Å². The van der Waals surface area contributed by atoms with Gasteiger partial charge < -0.3 is 15.0 Å². The van der Waals surface area contributed by atoms with Gasteiger partial charge in [-0.2, -0.15) is 0 Å². The second-order valence-corrected chi connectivity index (χ2v) is 6.28. The number of rotatable bonds is 3. The molecule has 2 aliphatic heterocycles. The van der Waals surface area contributed by atoms with Gasteiger partial charge in [0, 0.05) is 30.5 Å². The van der Waals surface area contributed by atoms with Crippen LogP contribution in [-0.4, -0.2) is 24.5 Å². The smallest absolute Gasteiger partial charge is 0.232 e. The van der Waals surface area contributed by atoms with Crippen molar-refractivity contribution in [2.24, 2.45) is 5.92 Å². The quantitative estimate of drug-likeness (QED) is 0.941. The molecule has 4 rings (SSSR count). The number of fused-ring (bicyclic) bond motifs is 3. The zero-order valence-corrected chi connectivity index (χ0v) is 13.7. The minimum Gasteiger partial charge on any atom is -0.497 e. The molecule has 0 fully saturated rings. The number of anilines is 1. The van der Waals surface area contributed by atoms with E-state index >= 15 is 0 Å². The first-order chi connectivity index (χ1) is 11.7. The van der Waals surface area contributed by atoms with Crippen LogP contribution in [0.15, 0.2) is 54.7 Å². The Bertz CT molecular complexity index is 799. The summed E-state index contributed by atoms with van der Waals surface area (Å²) in [4.78, 5) is 14.7. The van der Waals surface area contributed by atoms with Gasteiger partial charge in [0.1, 0.15) is 5.75 Å². The van der Waals surface area contributed by atoms with Crippen molar-refractivity contribution in [3.8, 4) is 5.75 Å². The second kappa shape index (κ2) is 6.04. The van der Waals surface area contributed by atoms with Crippen LogP contribution in [0, 0.1) is 5.92 Å². The summed E-state index contributed by atoms with van der Waals surface area (Å²) in [7, 11) is 1.66. The number of nitrogens with zero attached hydrogens (tertiary/aromatic N) is 1. The van der Waals surface area contributed by atoms with Crippen LogP contribution in [0.4, 0.5) is 5.69 Å². The van der Waals surface area contributed by atoms with E-state index in [1.165, 1.54) is 5.56 Å². The standard InChI is InChI=1S/C20H20N2O2/c1-24-15-7-8-19-17(11-15)18-13-22(10-9-16(18)20(23)21-19)12-14-5-3-2-4-6-14/h2-8,11,13,16H,9-10,12H2,1H3,(H,21,23). The summed E-state index contributed by atoms with van der Waals surface area (Å²) >= 11 is 0. The average Bonchev–Trinajstić information content (AvgIpc) is 2.62. The van der Waals surface area contributed by atoms with Gasteiger partial charge in [-0.15, -0.1) is 0 Å². The molecule has 0 spiro atoms. The normalized spacial score (nSPS) is 19.0. The van der Waals surface area contributed by atoms with Crippen LogP contribution in [0.5, 0.6) is 5.75 Å². The van der Waals surface area contributed by atoms with E-state index in [2.05, 4.69) is 40.7 Å². The van der Waals surface area contributed by atoms with Crippen molar-refractivity contribution in [1.82, 2.24) is 4.90 Å². The Balaban J connectivity index is 1.70. The summed E-state index contributed by atoms with van der Waals surface area (Å²) in [5, 5.41) is 3.02. The Morgan fingerprint density at radius 2 is 2.04 bits per heavy atom. The Morgan fingerprint density at radius 1 is 1.21 bits per heavy atom. The number of benzene rings is 2. The first-order valence-corrected chi connectivity index (χ1v) is 8.23. The van der Waals surface area contributed by atoms with E-state index in [0.717, 1.165) is 42.1 Å². The van der Waals surface area contributed by atoms with Gasteiger partial charge in [-0.1, -0.05) is 30.3 Å². The van der Waals surface area contributed by atoms with E-state index in [1.807, 2.05) is 24.3 Å². The van der Waals surface area contributed by atoms with E-state index in [9.17, 15) is 4.79 Å². The predicted molar refractivity (Wildman–Crippen MR) is 94.6 cm³/mol. The molecule has 24 heavy (non-hydrogen) atoms. The van der Waals surface area contributed by atoms with Gasteiger partial charge in [0.2, 0.25) is 5.91 Å². The molecule has 2 aromatic carbocycles. The van der Waals surface area contributed by atoms with Crippen LogP contribution >= 0.6 is 0 Å². The Kier molecular flexibility index (Phi) is 3.73. The van der Waals surface area contributed by atoms with Gasteiger partial charge in [0.05, 0.1) is 13.0 Å². The van der Waals surface area contributed by atoms with Crippen molar-refractivity contribution in [3.05, 3.63) is 65.9 Å². The molecular weight excluding hydrogens is 300 g/mol. The molecule has 1 amide bonds.